The van der Waals surface area contributed by atoms with Crippen molar-refractivity contribution < 1.29 is 10.0 Å². The molecular formula is C12H26N4O2. The first kappa shape index (κ1) is 16.7. The number of unbranched alkanes of at least 4 members (excludes halogenated alkanes) is 1. The molecule has 5 N–H and O–H groups in total. The molecule has 1 atom stereocenters. The molecule has 0 saturated carbocycles. The van der Waals surface area contributed by atoms with E-state index < -0.39 is 0 Å². The normalized spacial score (nSPS) is 14.3. The summed E-state index contributed by atoms with van der Waals surface area (Å²) in [6.07, 6.45) is 2.28. The lowest BCUT2D eigenvalue weighted by Crippen LogP contribution is -2.49. The van der Waals surface area contributed by atoms with Gasteiger partial charge < -0.3 is 21.6 Å². The summed E-state index contributed by atoms with van der Waals surface area (Å²) in [7, 11) is 0. The van der Waals surface area contributed by atoms with Crippen molar-refractivity contribution in [1.82, 2.24) is 10.6 Å². The monoisotopic (exact) mass is 258 g/mol. The number of amides is 1. The molecule has 6 nitrogen and oxygen atoms in total. The molecule has 0 aromatic heterocycles. The number of hydrogen-bond donors (Lipinski definition) is 4. The van der Waals surface area contributed by atoms with Crippen LogP contribution >= 0.6 is 0 Å². The number of nitrogens with one attached hydrogen (secondary N) is 2. The van der Waals surface area contributed by atoms with Gasteiger partial charge >= 0.3 is 0 Å². The zero-order valence-electron chi connectivity index (χ0n) is 11.8. The molecule has 0 heterocycles. The molecule has 0 bridgehead atoms. The molecule has 1 unspecified atom stereocenters. The van der Waals surface area contributed by atoms with Gasteiger partial charge in [-0.2, -0.15) is 0 Å². The number of oxime groups is 1. The van der Waals surface area contributed by atoms with E-state index in [0.717, 1.165) is 19.4 Å². The van der Waals surface area contributed by atoms with Crippen molar-refractivity contribution in [2.24, 2.45) is 10.9 Å². The smallest absolute Gasteiger partial charge is 0.237 e. The molecule has 1 amide bonds. The summed E-state index contributed by atoms with van der Waals surface area (Å²) < 4.78 is 0. The highest BCUT2D eigenvalue weighted by molar-refractivity contribution is 5.81. The summed E-state index contributed by atoms with van der Waals surface area (Å²) in [5.74, 6) is 0.243. The number of carbonyl (C=O) groups is 1. The third-order valence-corrected chi connectivity index (χ3v) is 2.33. The van der Waals surface area contributed by atoms with Gasteiger partial charge in [0.2, 0.25) is 5.91 Å². The molecule has 0 aromatic carbocycles. The number of carbonyl (C=O) groups excluding carboxylic acids is 1. The Morgan fingerprint density at radius 2 is 2.00 bits per heavy atom. The van der Waals surface area contributed by atoms with E-state index in [2.05, 4.69) is 15.8 Å². The maximum atomic E-state index is 11.7. The Labute approximate surface area is 109 Å². The Morgan fingerprint density at radius 3 is 2.50 bits per heavy atom. The first-order chi connectivity index (χ1) is 8.26. The van der Waals surface area contributed by atoms with Crippen molar-refractivity contribution in [2.75, 3.05) is 6.54 Å². The highest BCUT2D eigenvalue weighted by Gasteiger charge is 2.18. The number of hydrogen-bond acceptors (Lipinski definition) is 4. The molecule has 106 valence electrons. The second kappa shape index (κ2) is 7.92. The average molecular weight is 258 g/mol. The van der Waals surface area contributed by atoms with Gasteiger partial charge in [-0.1, -0.05) is 5.16 Å². The number of nitrogens with two attached hydrogens (primary N) is 1. The molecular weight excluding hydrogens is 232 g/mol. The van der Waals surface area contributed by atoms with E-state index in [0.29, 0.717) is 6.42 Å². The third kappa shape index (κ3) is 8.81. The summed E-state index contributed by atoms with van der Waals surface area (Å²) in [5, 5.41) is 17.3. The largest absolute Gasteiger partial charge is 0.409 e. The summed E-state index contributed by atoms with van der Waals surface area (Å²) in [6, 6.07) is -0.215. The Bertz CT molecular complexity index is 284. The van der Waals surface area contributed by atoms with E-state index in [-0.39, 0.29) is 23.3 Å². The first-order valence-corrected chi connectivity index (χ1v) is 6.28. The summed E-state index contributed by atoms with van der Waals surface area (Å²) in [4.78, 5) is 11.7. The summed E-state index contributed by atoms with van der Waals surface area (Å²) in [6.45, 7) is 8.43. The van der Waals surface area contributed by atoms with Gasteiger partial charge in [0, 0.05) is 12.0 Å². The molecule has 18 heavy (non-hydrogen) atoms. The lowest BCUT2D eigenvalue weighted by molar-refractivity contribution is -0.124. The molecule has 6 heteroatoms. The van der Waals surface area contributed by atoms with E-state index in [1.165, 1.54) is 0 Å². The van der Waals surface area contributed by atoms with Gasteiger partial charge in [0.25, 0.3) is 0 Å². The number of amidine groups is 1. The van der Waals surface area contributed by atoms with Crippen LogP contribution in [0.4, 0.5) is 0 Å². The van der Waals surface area contributed by atoms with Gasteiger partial charge in [0.1, 0.15) is 5.84 Å². The topological polar surface area (TPSA) is 99.7 Å². The maximum absolute atomic E-state index is 11.7. The zero-order chi connectivity index (χ0) is 14.2. The van der Waals surface area contributed by atoms with Gasteiger partial charge in [-0.25, -0.2) is 0 Å². The zero-order valence-corrected chi connectivity index (χ0v) is 11.8. The molecule has 0 spiro atoms. The van der Waals surface area contributed by atoms with Gasteiger partial charge in [-0.3, -0.25) is 4.79 Å². The van der Waals surface area contributed by atoms with E-state index >= 15 is 0 Å². The van der Waals surface area contributed by atoms with Crippen molar-refractivity contribution in [2.45, 2.75) is 58.5 Å². The van der Waals surface area contributed by atoms with Gasteiger partial charge in [0.15, 0.2) is 0 Å². The van der Waals surface area contributed by atoms with E-state index in [1.54, 1.807) is 0 Å². The second-order valence-corrected chi connectivity index (χ2v) is 5.46. The first-order valence-electron chi connectivity index (χ1n) is 6.28. The van der Waals surface area contributed by atoms with Crippen molar-refractivity contribution in [3.05, 3.63) is 0 Å². The Balaban J connectivity index is 3.71. The fraction of sp³-hybridized carbons (Fsp3) is 0.833. The van der Waals surface area contributed by atoms with Crippen molar-refractivity contribution in [3.63, 3.8) is 0 Å². The fourth-order valence-corrected chi connectivity index (χ4v) is 1.37. The summed E-state index contributed by atoms with van der Waals surface area (Å²) in [5.41, 5.74) is 5.14. The van der Waals surface area contributed by atoms with Gasteiger partial charge in [0.05, 0.1) is 6.04 Å². The van der Waals surface area contributed by atoms with Crippen LogP contribution in [0.1, 0.15) is 47.0 Å². The molecule has 0 aliphatic rings. The molecule has 0 rings (SSSR count). The van der Waals surface area contributed by atoms with Gasteiger partial charge in [-0.15, -0.1) is 0 Å². The Morgan fingerprint density at radius 1 is 1.39 bits per heavy atom. The molecule has 0 saturated heterocycles. The third-order valence-electron chi connectivity index (χ3n) is 2.33. The molecule has 0 fully saturated rings. The van der Waals surface area contributed by atoms with Crippen LogP contribution in [0.15, 0.2) is 5.16 Å². The molecule has 0 aliphatic heterocycles. The van der Waals surface area contributed by atoms with Crippen LogP contribution in [0.3, 0.4) is 0 Å². The highest BCUT2D eigenvalue weighted by atomic mass is 16.4. The molecule has 0 radical (unpaired) electrons. The SMILES string of the molecule is CC(NCCCCC(N)=NO)C(=O)NC(C)(C)C. The second-order valence-electron chi connectivity index (χ2n) is 5.46. The minimum absolute atomic E-state index is 0.000986. The predicted molar refractivity (Wildman–Crippen MR) is 72.6 cm³/mol. The van der Waals surface area contributed by atoms with Crippen LogP contribution in [0.2, 0.25) is 0 Å². The highest BCUT2D eigenvalue weighted by Crippen LogP contribution is 2.00. The van der Waals surface area contributed by atoms with Crippen LogP contribution in [0.25, 0.3) is 0 Å². The van der Waals surface area contributed by atoms with Crippen molar-refractivity contribution in [1.29, 1.82) is 0 Å². The number of rotatable bonds is 7. The van der Waals surface area contributed by atoms with Crippen LogP contribution < -0.4 is 16.4 Å². The van der Waals surface area contributed by atoms with E-state index in [9.17, 15) is 4.79 Å². The average Bonchev–Trinajstić information content (AvgIpc) is 2.25. The van der Waals surface area contributed by atoms with Crippen LogP contribution in [0.5, 0.6) is 0 Å². The fourth-order valence-electron chi connectivity index (χ4n) is 1.37. The quantitative estimate of drug-likeness (QED) is 0.178. The maximum Gasteiger partial charge on any atom is 0.237 e. The Hall–Kier alpha value is -1.30. The lowest BCUT2D eigenvalue weighted by Gasteiger charge is -2.23. The minimum Gasteiger partial charge on any atom is -0.409 e. The van der Waals surface area contributed by atoms with Crippen LogP contribution in [-0.2, 0) is 4.79 Å². The van der Waals surface area contributed by atoms with Crippen LogP contribution in [0, 0.1) is 0 Å². The molecule has 0 aromatic rings. The van der Waals surface area contributed by atoms with E-state index in [1.807, 2.05) is 27.7 Å². The van der Waals surface area contributed by atoms with Crippen molar-refractivity contribution in [3.8, 4) is 0 Å². The molecule has 0 aliphatic carbocycles. The van der Waals surface area contributed by atoms with Crippen molar-refractivity contribution >= 4 is 11.7 Å². The Kier molecular flexibility index (Phi) is 7.35. The minimum atomic E-state index is -0.215. The summed E-state index contributed by atoms with van der Waals surface area (Å²) >= 11 is 0. The van der Waals surface area contributed by atoms with E-state index in [4.69, 9.17) is 10.9 Å². The number of nitrogens with zero attached hydrogens (tertiary/aromatic N) is 1. The van der Waals surface area contributed by atoms with Crippen LogP contribution in [-0.4, -0.2) is 35.1 Å². The standard InChI is InChI=1S/C12H26N4O2/c1-9(11(17)15-12(2,3)4)14-8-6-5-7-10(13)16-18/h9,14,18H,5-8H2,1-4H3,(H2,13,16)(H,15,17). The lowest BCUT2D eigenvalue weighted by atomic mass is 10.1. The van der Waals surface area contributed by atoms with Gasteiger partial charge in [-0.05, 0) is 47.1 Å². The predicted octanol–water partition coefficient (Wildman–Crippen LogP) is 0.796.